The van der Waals surface area contributed by atoms with Crippen molar-refractivity contribution in [2.24, 2.45) is 11.8 Å². The first kappa shape index (κ1) is 41.7. The van der Waals surface area contributed by atoms with E-state index in [-0.39, 0.29) is 35.7 Å². The molecule has 320 valence electrons. The number of hydrogen-bond donors (Lipinski definition) is 4. The zero-order valence-electron chi connectivity index (χ0n) is 35.6. The summed E-state index contributed by atoms with van der Waals surface area (Å²) < 4.78 is 9.55. The molecule has 4 N–H and O–H groups in total. The van der Waals surface area contributed by atoms with Gasteiger partial charge in [-0.1, -0.05) is 69.5 Å². The third-order valence-electron chi connectivity index (χ3n) is 11.9. The molecule has 2 saturated heterocycles. The fraction of sp³-hybridized carbons (Fsp3) is 0.391. The van der Waals surface area contributed by atoms with Crippen LogP contribution in [-0.4, -0.2) is 103 Å². The molecule has 16 nitrogen and oxygen atoms in total. The van der Waals surface area contributed by atoms with Crippen LogP contribution in [0.3, 0.4) is 0 Å². The van der Waals surface area contributed by atoms with Gasteiger partial charge in [-0.25, -0.2) is 19.6 Å². The Hall–Kier alpha value is -7.02. The number of nitrogens with one attached hydrogen (secondary N) is 4. The first-order valence-corrected chi connectivity index (χ1v) is 21.0. The van der Waals surface area contributed by atoms with Crippen molar-refractivity contribution >= 4 is 47.2 Å². The smallest absolute Gasteiger partial charge is 0.407 e. The van der Waals surface area contributed by atoms with Gasteiger partial charge < -0.3 is 39.9 Å². The number of likely N-dealkylation sites (tertiary alicyclic amines) is 2. The lowest BCUT2D eigenvalue weighted by Gasteiger charge is -2.30. The number of nitrogens with zero attached hydrogens (tertiary/aromatic N) is 6. The van der Waals surface area contributed by atoms with Crippen molar-refractivity contribution < 1.29 is 28.7 Å². The number of imidazole rings is 2. The summed E-state index contributed by atoms with van der Waals surface area (Å²) in [7, 11) is 2.57. The molecule has 5 heterocycles. The molecule has 2 fully saturated rings. The van der Waals surface area contributed by atoms with E-state index >= 15 is 0 Å². The summed E-state index contributed by atoms with van der Waals surface area (Å²) >= 11 is 0. The van der Waals surface area contributed by atoms with Crippen molar-refractivity contribution in [1.82, 2.24) is 50.6 Å². The molecule has 3 aromatic heterocycles. The molecule has 5 aromatic rings. The second-order valence-electron chi connectivity index (χ2n) is 16.5. The number of carbonyl (C=O) groups is 4. The maximum atomic E-state index is 13.7. The molecular formula is C46H50N10O6. The summed E-state index contributed by atoms with van der Waals surface area (Å²) in [6.07, 6.45) is 7.38. The van der Waals surface area contributed by atoms with E-state index in [2.05, 4.69) is 32.1 Å². The number of hydrogen-bond acceptors (Lipinski definition) is 10. The van der Waals surface area contributed by atoms with E-state index in [1.807, 2.05) is 82.3 Å². The molecule has 2 aromatic carbocycles. The number of alkyl carbamates (subject to hydrolysis) is 2. The van der Waals surface area contributed by atoms with Crippen LogP contribution in [0.5, 0.6) is 0 Å². The largest absolute Gasteiger partial charge is 0.453 e. The van der Waals surface area contributed by atoms with E-state index in [1.54, 1.807) is 16.0 Å². The fourth-order valence-corrected chi connectivity index (χ4v) is 8.59. The van der Waals surface area contributed by atoms with Crippen molar-refractivity contribution in [3.63, 3.8) is 0 Å². The van der Waals surface area contributed by atoms with Crippen molar-refractivity contribution in [2.75, 3.05) is 27.3 Å². The second kappa shape index (κ2) is 17.5. The van der Waals surface area contributed by atoms with Crippen molar-refractivity contribution in [3.05, 3.63) is 82.9 Å². The zero-order valence-corrected chi connectivity index (χ0v) is 35.6. The number of H-pyrrole nitrogens is 2. The summed E-state index contributed by atoms with van der Waals surface area (Å²) in [5, 5.41) is 14.9. The van der Waals surface area contributed by atoms with Crippen LogP contribution in [0.15, 0.2) is 60.1 Å². The molecule has 0 radical (unpaired) electrons. The third-order valence-corrected chi connectivity index (χ3v) is 11.9. The number of aromatic nitrogens is 6. The van der Waals surface area contributed by atoms with Gasteiger partial charge >= 0.3 is 12.2 Å². The Morgan fingerprint density at radius 1 is 0.710 bits per heavy atom. The molecule has 0 unspecified atom stereocenters. The number of ether oxygens (including phenoxy) is 2. The van der Waals surface area contributed by atoms with Gasteiger partial charge in [0.2, 0.25) is 11.8 Å². The Bertz CT molecular complexity index is 2640. The highest BCUT2D eigenvalue weighted by Gasteiger charge is 2.39. The van der Waals surface area contributed by atoms with E-state index in [4.69, 9.17) is 29.6 Å². The van der Waals surface area contributed by atoms with E-state index in [0.717, 1.165) is 70.2 Å². The number of amides is 4. The van der Waals surface area contributed by atoms with E-state index in [0.29, 0.717) is 36.1 Å². The van der Waals surface area contributed by atoms with Gasteiger partial charge in [0.25, 0.3) is 0 Å². The molecule has 3 aliphatic rings. The lowest BCUT2D eigenvalue weighted by atomic mass is 9.95. The number of rotatable bonds is 11. The number of aromatic amines is 2. The first-order chi connectivity index (χ1) is 29.9. The second-order valence-corrected chi connectivity index (χ2v) is 16.5. The predicted molar refractivity (Wildman–Crippen MR) is 232 cm³/mol. The molecule has 62 heavy (non-hydrogen) atoms. The monoisotopic (exact) mass is 838 g/mol. The number of carbonyl (C=O) groups excluding carboxylic acids is 4. The van der Waals surface area contributed by atoms with Crippen LogP contribution in [-0.2, 0) is 19.1 Å². The van der Waals surface area contributed by atoms with Gasteiger partial charge in [-0.2, -0.15) is 0 Å². The highest BCUT2D eigenvalue weighted by molar-refractivity contribution is 5.90. The molecule has 1 aliphatic carbocycles. The number of benzene rings is 2. The molecule has 4 atom stereocenters. The molecule has 2 aliphatic heterocycles. The SMILES string of the molecule is COC(=O)N[C@H](C(=O)N1CCC[C@H]1c1ncc(-c2ccc(-c3nnc(-c4ccc5[nH]c([C@@H]6CCCN6C(=O)[C@@H](NC(=O)OC)C(C)C)nc5c4)c4c3C=C=C=C4)cc2)[nH]1)C(C)C. The van der Waals surface area contributed by atoms with Gasteiger partial charge in [0.15, 0.2) is 0 Å². The average molecular weight is 839 g/mol. The van der Waals surface area contributed by atoms with Gasteiger partial charge in [0.05, 0.1) is 49.2 Å². The van der Waals surface area contributed by atoms with Gasteiger partial charge in [-0.15, -0.1) is 10.2 Å². The summed E-state index contributed by atoms with van der Waals surface area (Å²) in [6, 6.07) is 12.0. The van der Waals surface area contributed by atoms with Crippen LogP contribution in [0.4, 0.5) is 9.59 Å². The molecule has 16 heteroatoms. The van der Waals surface area contributed by atoms with Gasteiger partial charge in [-0.3, -0.25) is 9.59 Å². The minimum absolute atomic E-state index is 0.124. The molecule has 8 rings (SSSR count). The van der Waals surface area contributed by atoms with Crippen LogP contribution in [0.1, 0.15) is 88.2 Å². The van der Waals surface area contributed by atoms with Crippen molar-refractivity contribution in [1.29, 1.82) is 0 Å². The van der Waals surface area contributed by atoms with Crippen LogP contribution in [0.2, 0.25) is 0 Å². The first-order valence-electron chi connectivity index (χ1n) is 21.0. The molecule has 0 saturated carbocycles. The van der Waals surface area contributed by atoms with Crippen LogP contribution in [0, 0.1) is 11.8 Å². The van der Waals surface area contributed by atoms with Crippen molar-refractivity contribution in [2.45, 2.75) is 77.5 Å². The summed E-state index contributed by atoms with van der Waals surface area (Å²) in [6.45, 7) is 8.71. The van der Waals surface area contributed by atoms with Gasteiger partial charge in [0, 0.05) is 35.3 Å². The average Bonchev–Trinajstić information content (AvgIpc) is 4.13. The Kier molecular flexibility index (Phi) is 11.8. The van der Waals surface area contributed by atoms with Gasteiger partial charge in [-0.05, 0) is 67.4 Å². The number of methoxy groups -OCH3 is 2. The highest BCUT2D eigenvalue weighted by Crippen LogP contribution is 2.37. The lowest BCUT2D eigenvalue weighted by molar-refractivity contribution is -0.136. The normalized spacial score (nSPS) is 17.7. The molecular weight excluding hydrogens is 789 g/mol. The minimum atomic E-state index is -0.720. The highest BCUT2D eigenvalue weighted by atomic mass is 16.5. The van der Waals surface area contributed by atoms with Crippen LogP contribution in [0.25, 0.3) is 57.0 Å². The molecule has 4 amide bonds. The van der Waals surface area contributed by atoms with E-state index < -0.39 is 24.3 Å². The van der Waals surface area contributed by atoms with Crippen molar-refractivity contribution in [3.8, 4) is 33.8 Å². The summed E-state index contributed by atoms with van der Waals surface area (Å²) in [5.41, 5.74) is 14.3. The van der Waals surface area contributed by atoms with Crippen LogP contribution < -0.4 is 10.6 Å². The standard InChI is InChI=1S/C46H50N10O6/c1-25(2)37(51-45(59)61-5)43(57)55-21-9-13-35(55)41-47-24-34(50-41)27-15-17-28(18-16-27)39-30-11-7-8-12-31(30)40(54-53-39)29-19-20-32-33(23-29)49-42(48-32)36-14-10-22-56(36)44(58)38(26(3)4)52-46(60)62-6/h11-12,15-20,23-26,35-38H,9-10,13-14,21-22H2,1-6H3,(H,47,50)(H,48,49)(H,51,59)(H,52,60)/t35-,36-,37-,38-/m0/s1. The Morgan fingerprint density at radius 2 is 1.23 bits per heavy atom. The zero-order chi connectivity index (χ0) is 43.7. The van der Waals surface area contributed by atoms with Crippen LogP contribution >= 0.6 is 0 Å². The third kappa shape index (κ3) is 8.09. The summed E-state index contributed by atoms with van der Waals surface area (Å²) in [5.74, 6) is 0.803. The Morgan fingerprint density at radius 3 is 1.77 bits per heavy atom. The summed E-state index contributed by atoms with van der Waals surface area (Å²) in [4.78, 5) is 71.5. The van der Waals surface area contributed by atoms with E-state index in [1.165, 1.54) is 14.2 Å². The quantitative estimate of drug-likeness (QED) is 0.0989. The maximum Gasteiger partial charge on any atom is 0.407 e. The predicted octanol–water partition coefficient (Wildman–Crippen LogP) is 6.96. The number of fused-ring (bicyclic) bond motifs is 2. The Labute approximate surface area is 358 Å². The maximum absolute atomic E-state index is 13.7. The van der Waals surface area contributed by atoms with Gasteiger partial charge in [0.1, 0.15) is 35.1 Å². The topological polar surface area (TPSA) is 200 Å². The Balaban J connectivity index is 1.01. The molecule has 0 spiro atoms. The lowest BCUT2D eigenvalue weighted by Crippen LogP contribution is -2.51. The fourth-order valence-electron chi connectivity index (χ4n) is 8.59. The molecule has 0 bridgehead atoms. The minimum Gasteiger partial charge on any atom is -0.453 e. The van der Waals surface area contributed by atoms with E-state index in [9.17, 15) is 19.2 Å².